The first-order valence-corrected chi connectivity index (χ1v) is 8.97. The third-order valence-corrected chi connectivity index (χ3v) is 4.09. The van der Waals surface area contributed by atoms with Gasteiger partial charge in [-0.1, -0.05) is 12.1 Å². The molecule has 1 heterocycles. The highest BCUT2D eigenvalue weighted by molar-refractivity contribution is 14.0. The summed E-state index contributed by atoms with van der Waals surface area (Å²) in [6.07, 6.45) is -3.32. The molecule has 1 saturated heterocycles. The highest BCUT2D eigenvalue weighted by Crippen LogP contribution is 2.29. The van der Waals surface area contributed by atoms with E-state index in [4.69, 9.17) is 4.74 Å². The van der Waals surface area contributed by atoms with Gasteiger partial charge in [-0.3, -0.25) is 4.90 Å². The number of guanidine groups is 1. The fraction of sp³-hybridized carbons (Fsp3) is 0.611. The summed E-state index contributed by atoms with van der Waals surface area (Å²) in [5.41, 5.74) is 0.0990. The van der Waals surface area contributed by atoms with E-state index in [1.54, 1.807) is 0 Å². The second-order valence-corrected chi connectivity index (χ2v) is 6.12. The molecule has 0 bridgehead atoms. The minimum absolute atomic E-state index is 0. The molecule has 0 atom stereocenters. The van der Waals surface area contributed by atoms with Crippen LogP contribution in [0.3, 0.4) is 0 Å². The summed E-state index contributed by atoms with van der Waals surface area (Å²) in [5, 5.41) is 6.42. The lowest BCUT2D eigenvalue weighted by atomic mass is 10.1. The van der Waals surface area contributed by atoms with Crippen LogP contribution in [0.5, 0.6) is 0 Å². The Morgan fingerprint density at radius 2 is 1.81 bits per heavy atom. The van der Waals surface area contributed by atoms with Crippen LogP contribution in [0.1, 0.15) is 24.5 Å². The fourth-order valence-electron chi connectivity index (χ4n) is 2.65. The monoisotopic (exact) mass is 500 g/mol. The van der Waals surface area contributed by atoms with Gasteiger partial charge in [0.25, 0.3) is 0 Å². The first kappa shape index (κ1) is 24.0. The van der Waals surface area contributed by atoms with Gasteiger partial charge in [-0.15, -0.1) is 24.0 Å². The highest BCUT2D eigenvalue weighted by atomic mass is 127. The molecule has 0 amide bonds. The fourth-order valence-corrected chi connectivity index (χ4v) is 2.65. The quantitative estimate of drug-likeness (QED) is 0.262. The molecule has 1 fully saturated rings. The normalized spacial score (nSPS) is 15.9. The molecule has 1 aliphatic rings. The Labute approximate surface area is 175 Å². The van der Waals surface area contributed by atoms with Crippen molar-refractivity contribution in [3.63, 3.8) is 0 Å². The summed E-state index contributed by atoms with van der Waals surface area (Å²) in [4.78, 5) is 6.81. The minimum atomic E-state index is -4.31. The second-order valence-electron chi connectivity index (χ2n) is 6.12. The zero-order valence-corrected chi connectivity index (χ0v) is 17.8. The molecule has 9 heteroatoms. The van der Waals surface area contributed by atoms with Crippen LogP contribution in [0.4, 0.5) is 13.2 Å². The van der Waals surface area contributed by atoms with Gasteiger partial charge >= 0.3 is 6.18 Å². The number of nitrogens with one attached hydrogen (secondary N) is 2. The number of hydrogen-bond donors (Lipinski definition) is 2. The van der Waals surface area contributed by atoms with Crippen molar-refractivity contribution < 1.29 is 17.9 Å². The predicted octanol–water partition coefficient (Wildman–Crippen LogP) is 3.10. The number of halogens is 4. The minimum Gasteiger partial charge on any atom is -0.379 e. The number of rotatable bonds is 7. The first-order valence-electron chi connectivity index (χ1n) is 8.97. The Morgan fingerprint density at radius 1 is 1.15 bits per heavy atom. The Balaban J connectivity index is 0.00000364. The maximum absolute atomic E-state index is 12.6. The van der Waals surface area contributed by atoms with Crippen molar-refractivity contribution >= 4 is 29.9 Å². The van der Waals surface area contributed by atoms with Crippen molar-refractivity contribution in [1.29, 1.82) is 0 Å². The average Bonchev–Trinajstić information content (AvgIpc) is 2.63. The van der Waals surface area contributed by atoms with Gasteiger partial charge in [0.15, 0.2) is 5.96 Å². The average molecular weight is 500 g/mol. The van der Waals surface area contributed by atoms with Crippen LogP contribution >= 0.6 is 24.0 Å². The summed E-state index contributed by atoms with van der Waals surface area (Å²) in [7, 11) is 0. The van der Waals surface area contributed by atoms with Crippen LogP contribution < -0.4 is 10.6 Å². The largest absolute Gasteiger partial charge is 0.416 e. The molecular formula is C18H28F3IN4O. The van der Waals surface area contributed by atoms with E-state index in [0.29, 0.717) is 12.5 Å². The molecule has 0 aliphatic carbocycles. The van der Waals surface area contributed by atoms with Crippen molar-refractivity contribution in [3.05, 3.63) is 35.4 Å². The highest BCUT2D eigenvalue weighted by Gasteiger charge is 2.29. The number of aliphatic imine (C=N–C) groups is 1. The molecule has 0 unspecified atom stereocenters. The Kier molecular flexibility index (Phi) is 11.0. The molecule has 1 aromatic carbocycles. The summed E-state index contributed by atoms with van der Waals surface area (Å²) < 4.78 is 43.1. The van der Waals surface area contributed by atoms with Gasteiger partial charge in [0.05, 0.1) is 25.3 Å². The van der Waals surface area contributed by atoms with Gasteiger partial charge in [0.2, 0.25) is 0 Å². The van der Waals surface area contributed by atoms with Crippen molar-refractivity contribution in [1.82, 2.24) is 15.5 Å². The van der Waals surface area contributed by atoms with Gasteiger partial charge in [0, 0.05) is 26.2 Å². The molecule has 27 heavy (non-hydrogen) atoms. The molecule has 2 rings (SSSR count). The van der Waals surface area contributed by atoms with Crippen molar-refractivity contribution in [2.75, 3.05) is 45.9 Å². The molecule has 0 saturated carbocycles. The Bertz CT molecular complexity index is 561. The number of nitrogens with zero attached hydrogens (tertiary/aromatic N) is 2. The number of benzene rings is 1. The molecule has 0 radical (unpaired) electrons. The summed E-state index contributed by atoms with van der Waals surface area (Å²) in [6, 6.07) is 5.11. The van der Waals surface area contributed by atoms with E-state index >= 15 is 0 Å². The van der Waals surface area contributed by atoms with Crippen LogP contribution in [0.15, 0.2) is 29.3 Å². The van der Waals surface area contributed by atoms with E-state index in [0.717, 1.165) is 70.1 Å². The topological polar surface area (TPSA) is 48.9 Å². The lowest BCUT2D eigenvalue weighted by Crippen LogP contribution is -2.40. The summed E-state index contributed by atoms with van der Waals surface area (Å²) in [5.74, 6) is 0.675. The van der Waals surface area contributed by atoms with Crippen molar-refractivity contribution in [2.24, 2.45) is 4.99 Å². The van der Waals surface area contributed by atoms with Gasteiger partial charge in [-0.2, -0.15) is 13.2 Å². The van der Waals surface area contributed by atoms with E-state index in [1.807, 2.05) is 6.92 Å². The first-order chi connectivity index (χ1) is 12.5. The van der Waals surface area contributed by atoms with E-state index in [1.165, 1.54) is 12.1 Å². The predicted molar refractivity (Wildman–Crippen MR) is 112 cm³/mol. The van der Waals surface area contributed by atoms with Gasteiger partial charge < -0.3 is 15.4 Å². The molecule has 1 aliphatic heterocycles. The number of alkyl halides is 3. The van der Waals surface area contributed by atoms with E-state index in [2.05, 4.69) is 20.5 Å². The van der Waals surface area contributed by atoms with Crippen LogP contribution in [-0.2, 0) is 17.5 Å². The Morgan fingerprint density at radius 3 is 2.41 bits per heavy atom. The second kappa shape index (κ2) is 12.4. The van der Waals surface area contributed by atoms with Crippen LogP contribution in [0, 0.1) is 0 Å². The zero-order chi connectivity index (χ0) is 18.8. The SMILES string of the molecule is CCNC(=NCc1ccc(C(F)(F)F)cc1)NCCCN1CCOCC1.I. The molecule has 0 spiro atoms. The number of ether oxygens (including phenoxy) is 1. The van der Waals surface area contributed by atoms with Gasteiger partial charge in [-0.05, 0) is 37.6 Å². The zero-order valence-electron chi connectivity index (χ0n) is 15.5. The number of hydrogen-bond acceptors (Lipinski definition) is 3. The smallest absolute Gasteiger partial charge is 0.379 e. The van der Waals surface area contributed by atoms with E-state index < -0.39 is 11.7 Å². The molecule has 154 valence electrons. The molecule has 5 nitrogen and oxygen atoms in total. The van der Waals surface area contributed by atoms with Crippen LogP contribution in [0.25, 0.3) is 0 Å². The van der Waals surface area contributed by atoms with Crippen molar-refractivity contribution in [3.8, 4) is 0 Å². The van der Waals surface area contributed by atoms with Gasteiger partial charge in [-0.25, -0.2) is 4.99 Å². The third-order valence-electron chi connectivity index (χ3n) is 4.09. The summed E-state index contributed by atoms with van der Waals surface area (Å²) >= 11 is 0. The van der Waals surface area contributed by atoms with E-state index in [-0.39, 0.29) is 24.0 Å². The standard InChI is InChI=1S/C18H27F3N4O.HI/c1-2-22-17(23-8-3-9-25-10-12-26-13-11-25)24-14-15-4-6-16(7-5-15)18(19,20)21;/h4-7H,2-3,8-14H2,1H3,(H2,22,23,24);1H. The maximum Gasteiger partial charge on any atom is 0.416 e. The molecule has 0 aromatic heterocycles. The third kappa shape index (κ3) is 9.11. The number of morpholine rings is 1. The Hall–Kier alpha value is -1.07. The molecular weight excluding hydrogens is 472 g/mol. The van der Waals surface area contributed by atoms with Crippen LogP contribution in [0.2, 0.25) is 0 Å². The maximum atomic E-state index is 12.6. The molecule has 1 aromatic rings. The molecule has 2 N–H and O–H groups in total. The van der Waals surface area contributed by atoms with Crippen LogP contribution in [-0.4, -0.2) is 56.8 Å². The van der Waals surface area contributed by atoms with E-state index in [9.17, 15) is 13.2 Å². The lowest BCUT2D eigenvalue weighted by molar-refractivity contribution is -0.137. The lowest BCUT2D eigenvalue weighted by Gasteiger charge is -2.26. The summed E-state index contributed by atoms with van der Waals surface area (Å²) in [6.45, 7) is 8.37. The van der Waals surface area contributed by atoms with Gasteiger partial charge in [0.1, 0.15) is 0 Å². The van der Waals surface area contributed by atoms with Crippen molar-refractivity contribution in [2.45, 2.75) is 26.1 Å².